The summed E-state index contributed by atoms with van der Waals surface area (Å²) in [6.45, 7) is 12.8. The maximum Gasteiger partial charge on any atom is 0.191 e. The molecule has 1 aliphatic rings. The van der Waals surface area contributed by atoms with Crippen molar-refractivity contribution < 1.29 is 9.47 Å². The number of hydrogen-bond donors (Lipinski definition) is 2. The van der Waals surface area contributed by atoms with E-state index in [1.165, 1.54) is 11.1 Å². The highest BCUT2D eigenvalue weighted by molar-refractivity contribution is 14.0. The van der Waals surface area contributed by atoms with Gasteiger partial charge in [0.1, 0.15) is 0 Å². The Morgan fingerprint density at radius 3 is 2.59 bits per heavy atom. The van der Waals surface area contributed by atoms with Crippen molar-refractivity contribution in [3.8, 4) is 0 Å². The first-order chi connectivity index (χ1) is 12.8. The molecule has 0 atom stereocenters. The van der Waals surface area contributed by atoms with Gasteiger partial charge in [0.15, 0.2) is 5.96 Å². The van der Waals surface area contributed by atoms with Crippen LogP contribution < -0.4 is 10.6 Å². The van der Waals surface area contributed by atoms with Crippen LogP contribution >= 0.6 is 24.0 Å². The molecule has 154 valence electrons. The summed E-state index contributed by atoms with van der Waals surface area (Å²) in [5.41, 5.74) is 2.43. The van der Waals surface area contributed by atoms with Crippen molar-refractivity contribution in [1.29, 1.82) is 0 Å². The zero-order chi connectivity index (χ0) is 18.5. The maximum absolute atomic E-state index is 5.70. The van der Waals surface area contributed by atoms with E-state index in [-0.39, 0.29) is 24.0 Å². The minimum atomic E-state index is 0. The number of guanidine groups is 1. The molecule has 0 bridgehead atoms. The molecule has 7 heteroatoms. The second-order valence-electron chi connectivity index (χ2n) is 6.40. The lowest BCUT2D eigenvalue weighted by atomic mass is 10.1. The molecule has 0 aliphatic carbocycles. The number of nitrogens with one attached hydrogen (secondary N) is 2. The molecule has 1 saturated heterocycles. The van der Waals surface area contributed by atoms with Gasteiger partial charge in [0.2, 0.25) is 0 Å². The van der Waals surface area contributed by atoms with E-state index in [9.17, 15) is 0 Å². The summed E-state index contributed by atoms with van der Waals surface area (Å²) in [5, 5.41) is 6.76. The molecule has 0 saturated carbocycles. The van der Waals surface area contributed by atoms with Gasteiger partial charge >= 0.3 is 0 Å². The Labute approximate surface area is 181 Å². The highest BCUT2D eigenvalue weighted by Gasteiger charge is 2.09. The van der Waals surface area contributed by atoms with Crippen molar-refractivity contribution in [1.82, 2.24) is 15.5 Å². The Balaban J connectivity index is 0.00000364. The molecule has 27 heavy (non-hydrogen) atoms. The molecule has 1 fully saturated rings. The van der Waals surface area contributed by atoms with E-state index in [0.717, 1.165) is 64.9 Å². The Morgan fingerprint density at radius 2 is 1.89 bits per heavy atom. The average Bonchev–Trinajstić information content (AvgIpc) is 2.68. The van der Waals surface area contributed by atoms with Gasteiger partial charge in [0.05, 0.1) is 26.4 Å². The van der Waals surface area contributed by atoms with Crippen LogP contribution in [-0.2, 0) is 22.6 Å². The second kappa shape index (κ2) is 15.1. The predicted molar refractivity (Wildman–Crippen MR) is 122 cm³/mol. The lowest BCUT2D eigenvalue weighted by Crippen LogP contribution is -2.44. The maximum atomic E-state index is 5.70. The lowest BCUT2D eigenvalue weighted by molar-refractivity contribution is 0.0389. The highest BCUT2D eigenvalue weighted by atomic mass is 127. The fraction of sp³-hybridized carbons (Fsp3) is 0.650. The van der Waals surface area contributed by atoms with Crippen LogP contribution in [0.5, 0.6) is 0 Å². The van der Waals surface area contributed by atoms with E-state index in [0.29, 0.717) is 13.2 Å². The molecular formula is C20H35IN4O2. The van der Waals surface area contributed by atoms with Crippen molar-refractivity contribution >= 4 is 29.9 Å². The minimum Gasteiger partial charge on any atom is -0.379 e. The SMILES string of the molecule is CCCOCc1ccccc1CN=C(NCC)NCCN1CCOCC1.I. The first-order valence-corrected chi connectivity index (χ1v) is 9.80. The molecule has 2 rings (SSSR count). The van der Waals surface area contributed by atoms with Crippen LogP contribution in [0, 0.1) is 0 Å². The number of aliphatic imine (C=N–C) groups is 1. The van der Waals surface area contributed by atoms with Gasteiger partial charge in [-0.15, -0.1) is 24.0 Å². The topological polar surface area (TPSA) is 58.1 Å². The lowest BCUT2D eigenvalue weighted by Gasteiger charge is -2.26. The smallest absolute Gasteiger partial charge is 0.191 e. The van der Waals surface area contributed by atoms with Crippen LogP contribution in [0.2, 0.25) is 0 Å². The quantitative estimate of drug-likeness (QED) is 0.229. The second-order valence-corrected chi connectivity index (χ2v) is 6.40. The summed E-state index contributed by atoms with van der Waals surface area (Å²) in [7, 11) is 0. The van der Waals surface area contributed by atoms with Gasteiger partial charge in [0, 0.05) is 39.3 Å². The Kier molecular flexibility index (Phi) is 13.5. The van der Waals surface area contributed by atoms with Crippen LogP contribution in [-0.4, -0.2) is 63.4 Å². The molecule has 6 nitrogen and oxygen atoms in total. The molecule has 1 aromatic carbocycles. The number of hydrogen-bond acceptors (Lipinski definition) is 4. The molecule has 0 aromatic heterocycles. The van der Waals surface area contributed by atoms with Crippen molar-refractivity contribution in [3.05, 3.63) is 35.4 Å². The average molecular weight is 490 g/mol. The van der Waals surface area contributed by atoms with E-state index in [4.69, 9.17) is 14.5 Å². The van der Waals surface area contributed by atoms with E-state index in [2.05, 4.69) is 53.6 Å². The van der Waals surface area contributed by atoms with Crippen LogP contribution in [0.15, 0.2) is 29.3 Å². The fourth-order valence-electron chi connectivity index (χ4n) is 2.84. The Morgan fingerprint density at radius 1 is 1.15 bits per heavy atom. The van der Waals surface area contributed by atoms with Gasteiger partial charge in [0.25, 0.3) is 0 Å². The van der Waals surface area contributed by atoms with Crippen molar-refractivity contribution in [2.24, 2.45) is 4.99 Å². The monoisotopic (exact) mass is 490 g/mol. The normalized spacial score (nSPS) is 15.3. The van der Waals surface area contributed by atoms with Gasteiger partial charge in [-0.3, -0.25) is 4.90 Å². The number of halogens is 1. The number of morpholine rings is 1. The van der Waals surface area contributed by atoms with Crippen LogP contribution in [0.1, 0.15) is 31.4 Å². The Hall–Kier alpha value is -0.900. The largest absolute Gasteiger partial charge is 0.379 e. The molecule has 1 aromatic rings. The van der Waals surface area contributed by atoms with E-state index in [1.54, 1.807) is 0 Å². The van der Waals surface area contributed by atoms with Crippen LogP contribution in [0.25, 0.3) is 0 Å². The third-order valence-corrected chi connectivity index (χ3v) is 4.30. The summed E-state index contributed by atoms with van der Waals surface area (Å²) in [6, 6.07) is 8.38. The highest BCUT2D eigenvalue weighted by Crippen LogP contribution is 2.11. The third-order valence-electron chi connectivity index (χ3n) is 4.30. The summed E-state index contributed by atoms with van der Waals surface area (Å²) in [6.07, 6.45) is 1.04. The molecular weight excluding hydrogens is 455 g/mol. The third kappa shape index (κ3) is 9.73. The molecule has 0 spiro atoms. The van der Waals surface area contributed by atoms with E-state index in [1.807, 2.05) is 0 Å². The van der Waals surface area contributed by atoms with E-state index < -0.39 is 0 Å². The molecule has 0 amide bonds. The Bertz CT molecular complexity index is 536. The zero-order valence-electron chi connectivity index (χ0n) is 16.7. The van der Waals surface area contributed by atoms with Gasteiger partial charge in [-0.05, 0) is 24.5 Å². The zero-order valence-corrected chi connectivity index (χ0v) is 19.0. The number of nitrogens with zero attached hydrogens (tertiary/aromatic N) is 2. The van der Waals surface area contributed by atoms with Crippen molar-refractivity contribution in [3.63, 3.8) is 0 Å². The molecule has 1 heterocycles. The standard InChI is InChI=1S/C20H34N4O2.HI/c1-3-13-26-17-19-8-6-5-7-18(19)16-23-20(21-4-2)22-9-10-24-11-14-25-15-12-24;/h5-8H,3-4,9-17H2,1-2H3,(H2,21,22,23);1H. The predicted octanol–water partition coefficient (Wildman–Crippen LogP) is 2.62. The fourth-order valence-corrected chi connectivity index (χ4v) is 2.84. The van der Waals surface area contributed by atoms with Crippen LogP contribution in [0.4, 0.5) is 0 Å². The molecule has 2 N–H and O–H groups in total. The van der Waals surface area contributed by atoms with Crippen molar-refractivity contribution in [2.45, 2.75) is 33.4 Å². The minimum absolute atomic E-state index is 0. The van der Waals surface area contributed by atoms with Gasteiger partial charge in [-0.25, -0.2) is 4.99 Å². The van der Waals surface area contributed by atoms with Gasteiger partial charge in [-0.1, -0.05) is 31.2 Å². The molecule has 0 unspecified atom stereocenters. The van der Waals surface area contributed by atoms with Crippen LogP contribution in [0.3, 0.4) is 0 Å². The van der Waals surface area contributed by atoms with Gasteiger partial charge in [-0.2, -0.15) is 0 Å². The molecule has 0 radical (unpaired) electrons. The first-order valence-electron chi connectivity index (χ1n) is 9.80. The number of rotatable bonds is 10. The first kappa shape index (κ1) is 24.1. The summed E-state index contributed by atoms with van der Waals surface area (Å²) in [4.78, 5) is 7.17. The summed E-state index contributed by atoms with van der Waals surface area (Å²) in [5.74, 6) is 0.866. The van der Waals surface area contributed by atoms with Gasteiger partial charge < -0.3 is 20.1 Å². The van der Waals surface area contributed by atoms with Crippen molar-refractivity contribution in [2.75, 3.05) is 52.5 Å². The number of benzene rings is 1. The molecule has 1 aliphatic heterocycles. The summed E-state index contributed by atoms with van der Waals surface area (Å²) < 4.78 is 11.1. The number of ether oxygens (including phenoxy) is 2. The summed E-state index contributed by atoms with van der Waals surface area (Å²) >= 11 is 0. The van der Waals surface area contributed by atoms with E-state index >= 15 is 0 Å².